The van der Waals surface area contributed by atoms with Gasteiger partial charge in [-0.15, -0.1) is 0 Å². The van der Waals surface area contributed by atoms with E-state index < -0.39 is 0 Å². The smallest absolute Gasteiger partial charge is 0.0377 e. The molecule has 0 saturated carbocycles. The normalized spacial score (nSPS) is 26.9. The molecule has 0 aromatic heterocycles. The van der Waals surface area contributed by atoms with Gasteiger partial charge in [-0.2, -0.15) is 0 Å². The van der Waals surface area contributed by atoms with Gasteiger partial charge in [0.15, 0.2) is 0 Å². The Balaban J connectivity index is 1.96. The Kier molecular flexibility index (Phi) is 2.10. The fraction of sp³-hybridized carbons (Fsp3) is 0.714. The van der Waals surface area contributed by atoms with E-state index in [4.69, 9.17) is 0 Å². The van der Waals surface area contributed by atoms with Crippen molar-refractivity contribution in [3.8, 4) is 0 Å². The third-order valence-corrected chi connectivity index (χ3v) is 1.26. The number of nitrogens with one attached hydrogen (secondary N) is 1. The minimum atomic E-state index is 0.724. The van der Waals surface area contributed by atoms with Crippen molar-refractivity contribution >= 4 is 0 Å². The summed E-state index contributed by atoms with van der Waals surface area (Å²) in [6.45, 7) is 3.39. The van der Waals surface area contributed by atoms with Gasteiger partial charge in [0, 0.05) is 12.6 Å². The average molecular weight is 111 g/mol. The van der Waals surface area contributed by atoms with Crippen molar-refractivity contribution in [2.24, 2.45) is 0 Å². The predicted octanol–water partition coefficient (Wildman–Crippen LogP) is 1.31. The quantitative estimate of drug-likeness (QED) is 0.430. The number of unbranched alkanes of at least 4 members (excludes halogenated alkanes) is 1. The van der Waals surface area contributed by atoms with Crippen LogP contribution in [-0.4, -0.2) is 12.6 Å². The molecule has 1 saturated heterocycles. The van der Waals surface area contributed by atoms with Crippen molar-refractivity contribution in [3.63, 3.8) is 0 Å². The fourth-order valence-electron chi connectivity index (χ4n) is 0.631. The van der Waals surface area contributed by atoms with Crippen LogP contribution in [0.4, 0.5) is 0 Å². The molecule has 1 heteroatoms. The van der Waals surface area contributed by atoms with Gasteiger partial charge in [0.1, 0.15) is 0 Å². The zero-order valence-electron chi connectivity index (χ0n) is 5.35. The van der Waals surface area contributed by atoms with E-state index >= 15 is 0 Å². The molecule has 0 radical (unpaired) electrons. The van der Waals surface area contributed by atoms with E-state index in [1.807, 2.05) is 0 Å². The van der Waals surface area contributed by atoms with Crippen LogP contribution in [0, 0.1) is 0 Å². The Morgan fingerprint density at radius 2 is 2.50 bits per heavy atom. The molecule has 0 aromatic rings. The molecule has 46 valence electrons. The Bertz CT molecular complexity index is 82.4. The van der Waals surface area contributed by atoms with Crippen LogP contribution < -0.4 is 5.32 Å². The van der Waals surface area contributed by atoms with E-state index in [-0.39, 0.29) is 0 Å². The summed E-state index contributed by atoms with van der Waals surface area (Å²) in [7, 11) is 0. The zero-order chi connectivity index (χ0) is 5.82. The van der Waals surface area contributed by atoms with Crippen molar-refractivity contribution in [1.82, 2.24) is 5.32 Å². The predicted molar refractivity (Wildman–Crippen MR) is 35.8 cm³/mol. The summed E-state index contributed by atoms with van der Waals surface area (Å²) in [5.74, 6) is 0. The zero-order valence-corrected chi connectivity index (χ0v) is 5.35. The topological polar surface area (TPSA) is 21.9 Å². The highest BCUT2D eigenvalue weighted by Crippen LogP contribution is 1.99. The molecule has 0 bridgehead atoms. The SMILES string of the molecule is CCC/C=C/C1CN1. The second-order valence-corrected chi connectivity index (χ2v) is 2.23. The largest absolute Gasteiger partial charge is 0.307 e. The van der Waals surface area contributed by atoms with E-state index in [2.05, 4.69) is 24.4 Å². The number of allylic oxidation sites excluding steroid dienone is 1. The Labute approximate surface area is 50.8 Å². The summed E-state index contributed by atoms with van der Waals surface area (Å²) < 4.78 is 0. The second-order valence-electron chi connectivity index (χ2n) is 2.23. The van der Waals surface area contributed by atoms with Gasteiger partial charge in [-0.1, -0.05) is 25.5 Å². The third kappa shape index (κ3) is 2.12. The molecule has 1 heterocycles. The van der Waals surface area contributed by atoms with Crippen LogP contribution in [-0.2, 0) is 0 Å². The van der Waals surface area contributed by atoms with Crippen LogP contribution in [0.1, 0.15) is 19.8 Å². The summed E-state index contributed by atoms with van der Waals surface area (Å²) in [6, 6.07) is 0.724. The first-order chi connectivity index (χ1) is 3.93. The van der Waals surface area contributed by atoms with Crippen molar-refractivity contribution in [2.45, 2.75) is 25.8 Å². The van der Waals surface area contributed by atoms with Crippen LogP contribution >= 0.6 is 0 Å². The first-order valence-corrected chi connectivity index (χ1v) is 3.33. The second kappa shape index (κ2) is 2.88. The molecule has 0 amide bonds. The third-order valence-electron chi connectivity index (χ3n) is 1.26. The summed E-state index contributed by atoms with van der Waals surface area (Å²) in [5, 5.41) is 3.21. The highest BCUT2D eigenvalue weighted by Gasteiger charge is 2.14. The van der Waals surface area contributed by atoms with Gasteiger partial charge >= 0.3 is 0 Å². The maximum absolute atomic E-state index is 3.21. The molecular formula is C7H13N. The van der Waals surface area contributed by atoms with Crippen molar-refractivity contribution in [3.05, 3.63) is 12.2 Å². The molecule has 1 nitrogen and oxygen atoms in total. The Morgan fingerprint density at radius 1 is 1.75 bits per heavy atom. The lowest BCUT2D eigenvalue weighted by Gasteiger charge is -1.80. The van der Waals surface area contributed by atoms with E-state index in [9.17, 15) is 0 Å². The Hall–Kier alpha value is -0.300. The van der Waals surface area contributed by atoms with Gasteiger partial charge in [-0.3, -0.25) is 0 Å². The Morgan fingerprint density at radius 3 is 3.00 bits per heavy atom. The van der Waals surface area contributed by atoms with Gasteiger partial charge in [0.05, 0.1) is 0 Å². The molecule has 1 unspecified atom stereocenters. The first-order valence-electron chi connectivity index (χ1n) is 3.33. The minimum absolute atomic E-state index is 0.724. The standard InChI is InChI=1S/C7H13N/c1-2-3-4-5-7-6-8-7/h4-5,7-8H,2-3,6H2,1H3/b5-4+. The van der Waals surface area contributed by atoms with E-state index in [0.717, 1.165) is 6.04 Å². The van der Waals surface area contributed by atoms with Crippen molar-refractivity contribution < 1.29 is 0 Å². The highest BCUT2D eigenvalue weighted by molar-refractivity contribution is 5.02. The monoisotopic (exact) mass is 111 g/mol. The van der Waals surface area contributed by atoms with Crippen LogP contribution in [0.25, 0.3) is 0 Å². The number of rotatable bonds is 3. The van der Waals surface area contributed by atoms with Crippen LogP contribution in [0.5, 0.6) is 0 Å². The van der Waals surface area contributed by atoms with E-state index in [1.165, 1.54) is 19.4 Å². The summed E-state index contributed by atoms with van der Waals surface area (Å²) >= 11 is 0. The lowest BCUT2D eigenvalue weighted by molar-refractivity contribution is 0.952. The number of hydrogen-bond acceptors (Lipinski definition) is 1. The molecule has 1 rings (SSSR count). The van der Waals surface area contributed by atoms with Gasteiger partial charge < -0.3 is 5.32 Å². The van der Waals surface area contributed by atoms with E-state index in [0.29, 0.717) is 0 Å². The highest BCUT2D eigenvalue weighted by atomic mass is 15.1. The molecule has 1 fully saturated rings. The van der Waals surface area contributed by atoms with Crippen LogP contribution in [0.15, 0.2) is 12.2 Å². The average Bonchev–Trinajstić information content (AvgIpc) is 2.51. The molecular weight excluding hydrogens is 98.1 g/mol. The number of hydrogen-bond donors (Lipinski definition) is 1. The van der Waals surface area contributed by atoms with Crippen molar-refractivity contribution in [1.29, 1.82) is 0 Å². The summed E-state index contributed by atoms with van der Waals surface area (Å²) in [5.41, 5.74) is 0. The molecule has 8 heavy (non-hydrogen) atoms. The fourth-order valence-corrected chi connectivity index (χ4v) is 0.631. The maximum atomic E-state index is 3.21. The van der Waals surface area contributed by atoms with E-state index in [1.54, 1.807) is 0 Å². The lowest BCUT2D eigenvalue weighted by Crippen LogP contribution is -1.80. The first kappa shape index (κ1) is 5.83. The summed E-state index contributed by atoms with van der Waals surface area (Å²) in [6.07, 6.45) is 7.01. The molecule has 1 aliphatic heterocycles. The molecule has 0 aliphatic carbocycles. The molecule has 0 aromatic carbocycles. The van der Waals surface area contributed by atoms with Gasteiger partial charge in [0.25, 0.3) is 0 Å². The summed E-state index contributed by atoms with van der Waals surface area (Å²) in [4.78, 5) is 0. The van der Waals surface area contributed by atoms with Gasteiger partial charge in [-0.25, -0.2) is 0 Å². The molecule has 1 aliphatic rings. The van der Waals surface area contributed by atoms with Crippen molar-refractivity contribution in [2.75, 3.05) is 6.54 Å². The maximum Gasteiger partial charge on any atom is 0.0377 e. The van der Waals surface area contributed by atoms with Gasteiger partial charge in [-0.05, 0) is 6.42 Å². The van der Waals surface area contributed by atoms with Gasteiger partial charge in [0.2, 0.25) is 0 Å². The molecule has 0 spiro atoms. The molecule has 1 atom stereocenters. The molecule has 1 N–H and O–H groups in total. The lowest BCUT2D eigenvalue weighted by atomic mass is 10.3. The minimum Gasteiger partial charge on any atom is -0.307 e. The van der Waals surface area contributed by atoms with Crippen LogP contribution in [0.2, 0.25) is 0 Å². The van der Waals surface area contributed by atoms with Crippen LogP contribution in [0.3, 0.4) is 0 Å².